The van der Waals surface area contributed by atoms with Crippen LogP contribution in [-0.4, -0.2) is 55.0 Å². The fourth-order valence-corrected chi connectivity index (χ4v) is 1.26. The maximum atomic E-state index is 11.8. The van der Waals surface area contributed by atoms with Crippen molar-refractivity contribution < 1.29 is 19.1 Å². The average molecular weight is 259 g/mol. The fraction of sp³-hybridized carbons (Fsp3) is 0.727. The summed E-state index contributed by atoms with van der Waals surface area (Å²) >= 11 is 0. The molecule has 18 heavy (non-hydrogen) atoms. The van der Waals surface area contributed by atoms with Crippen LogP contribution in [0, 0.1) is 0 Å². The lowest BCUT2D eigenvalue weighted by atomic mass is 10.2. The molecule has 0 rings (SSSR count). The third kappa shape index (κ3) is 4.33. The monoisotopic (exact) mass is 259 g/mol. The van der Waals surface area contributed by atoms with Crippen LogP contribution in [0.4, 0.5) is 0 Å². The van der Waals surface area contributed by atoms with Gasteiger partial charge in [-0.25, -0.2) is 4.79 Å². The maximum Gasteiger partial charge on any atom is 0.328 e. The van der Waals surface area contributed by atoms with Crippen LogP contribution >= 0.6 is 0 Å². The van der Waals surface area contributed by atoms with Crippen molar-refractivity contribution in [1.82, 2.24) is 10.2 Å². The van der Waals surface area contributed by atoms with Crippen LogP contribution in [0.25, 0.3) is 0 Å². The number of likely N-dealkylation sites (N-methyl/N-ethyl adjacent to an activating group) is 1. The summed E-state index contributed by atoms with van der Waals surface area (Å²) in [7, 11) is 2.72. The summed E-state index contributed by atoms with van der Waals surface area (Å²) in [6.07, 6.45) is 0. The topological polar surface area (TPSA) is 102 Å². The Bertz CT molecular complexity index is 330. The number of carbonyl (C=O) groups is 3. The third-order valence-electron chi connectivity index (χ3n) is 2.61. The van der Waals surface area contributed by atoms with Gasteiger partial charge in [-0.1, -0.05) is 0 Å². The zero-order chi connectivity index (χ0) is 14.5. The first-order chi connectivity index (χ1) is 8.22. The highest BCUT2D eigenvalue weighted by Crippen LogP contribution is 2.00. The molecule has 2 amide bonds. The minimum atomic E-state index is -0.760. The Morgan fingerprint density at radius 1 is 1.22 bits per heavy atom. The molecule has 0 aliphatic rings. The van der Waals surface area contributed by atoms with E-state index in [4.69, 9.17) is 5.73 Å². The van der Waals surface area contributed by atoms with E-state index in [0.29, 0.717) is 0 Å². The number of nitrogens with one attached hydrogen (secondary N) is 1. The molecule has 0 saturated carbocycles. The number of nitrogens with zero attached hydrogens (tertiary/aromatic N) is 1. The van der Waals surface area contributed by atoms with Crippen molar-refractivity contribution in [2.24, 2.45) is 5.73 Å². The summed E-state index contributed by atoms with van der Waals surface area (Å²) in [5, 5.41) is 2.46. The van der Waals surface area contributed by atoms with E-state index in [2.05, 4.69) is 10.1 Å². The van der Waals surface area contributed by atoms with Gasteiger partial charge in [-0.3, -0.25) is 9.59 Å². The number of nitrogens with two attached hydrogens (primary N) is 1. The molecule has 0 aromatic carbocycles. The summed E-state index contributed by atoms with van der Waals surface area (Å²) in [6.45, 7) is 4.60. The molecule has 3 unspecified atom stereocenters. The average Bonchev–Trinajstić information content (AvgIpc) is 2.34. The van der Waals surface area contributed by atoms with Gasteiger partial charge in [0.25, 0.3) is 0 Å². The van der Waals surface area contributed by atoms with Crippen LogP contribution in [0.2, 0.25) is 0 Å². The second-order valence-electron chi connectivity index (χ2n) is 4.17. The molecular weight excluding hydrogens is 238 g/mol. The number of hydrogen-bond donors (Lipinski definition) is 2. The Hall–Kier alpha value is -1.63. The van der Waals surface area contributed by atoms with E-state index in [1.807, 2.05) is 0 Å². The Balaban J connectivity index is 4.52. The zero-order valence-corrected chi connectivity index (χ0v) is 11.4. The molecule has 7 nitrogen and oxygen atoms in total. The van der Waals surface area contributed by atoms with E-state index in [0.717, 1.165) is 0 Å². The molecule has 0 aliphatic heterocycles. The predicted molar refractivity (Wildman–Crippen MR) is 65.5 cm³/mol. The van der Waals surface area contributed by atoms with Crippen molar-refractivity contribution in [1.29, 1.82) is 0 Å². The number of carbonyl (C=O) groups excluding carboxylic acids is 3. The standard InChI is InChI=1S/C11H21N3O4/c1-6(12)10(16)14(4)8(3)9(15)13-7(2)11(17)18-5/h6-8H,12H2,1-5H3,(H,13,15). The molecule has 0 heterocycles. The Morgan fingerprint density at radius 2 is 1.72 bits per heavy atom. The highest BCUT2D eigenvalue weighted by atomic mass is 16.5. The second kappa shape index (κ2) is 6.95. The summed E-state index contributed by atoms with van der Waals surface area (Å²) in [4.78, 5) is 35.8. The molecule has 0 radical (unpaired) electrons. The quantitative estimate of drug-likeness (QED) is 0.608. The number of rotatable bonds is 5. The van der Waals surface area contributed by atoms with Crippen LogP contribution in [0.5, 0.6) is 0 Å². The number of methoxy groups -OCH3 is 1. The van der Waals surface area contributed by atoms with E-state index < -0.39 is 30.0 Å². The highest BCUT2D eigenvalue weighted by molar-refractivity contribution is 5.91. The van der Waals surface area contributed by atoms with Gasteiger partial charge in [0.2, 0.25) is 11.8 Å². The van der Waals surface area contributed by atoms with Gasteiger partial charge in [-0.15, -0.1) is 0 Å². The van der Waals surface area contributed by atoms with Gasteiger partial charge in [0.15, 0.2) is 0 Å². The first-order valence-electron chi connectivity index (χ1n) is 5.62. The molecule has 3 atom stereocenters. The van der Waals surface area contributed by atoms with Crippen LogP contribution in [0.3, 0.4) is 0 Å². The summed E-state index contributed by atoms with van der Waals surface area (Å²) in [5.74, 6) is -1.33. The Kier molecular flexibility index (Phi) is 6.32. The van der Waals surface area contributed by atoms with Gasteiger partial charge < -0.3 is 20.7 Å². The van der Waals surface area contributed by atoms with Gasteiger partial charge in [-0.2, -0.15) is 0 Å². The van der Waals surface area contributed by atoms with Crippen LogP contribution in [0.1, 0.15) is 20.8 Å². The van der Waals surface area contributed by atoms with Gasteiger partial charge in [0.05, 0.1) is 13.2 Å². The van der Waals surface area contributed by atoms with E-state index in [1.54, 1.807) is 13.8 Å². The molecule has 0 aliphatic carbocycles. The van der Waals surface area contributed by atoms with Crippen molar-refractivity contribution >= 4 is 17.8 Å². The number of amides is 2. The fourth-order valence-electron chi connectivity index (χ4n) is 1.26. The van der Waals surface area contributed by atoms with Crippen molar-refractivity contribution in [3.63, 3.8) is 0 Å². The molecule has 0 fully saturated rings. The maximum absolute atomic E-state index is 11.8. The van der Waals surface area contributed by atoms with E-state index in [9.17, 15) is 14.4 Å². The first-order valence-corrected chi connectivity index (χ1v) is 5.62. The SMILES string of the molecule is COC(=O)C(C)NC(=O)C(C)N(C)C(=O)C(C)N. The number of ether oxygens (including phenoxy) is 1. The zero-order valence-electron chi connectivity index (χ0n) is 11.4. The third-order valence-corrected chi connectivity index (χ3v) is 2.61. The smallest absolute Gasteiger partial charge is 0.328 e. The molecule has 0 bridgehead atoms. The first kappa shape index (κ1) is 16.4. The van der Waals surface area contributed by atoms with Gasteiger partial charge in [-0.05, 0) is 20.8 Å². The van der Waals surface area contributed by atoms with E-state index in [-0.39, 0.29) is 5.91 Å². The molecule has 104 valence electrons. The van der Waals surface area contributed by atoms with Crippen LogP contribution in [-0.2, 0) is 19.1 Å². The molecule has 7 heteroatoms. The molecule has 3 N–H and O–H groups in total. The molecule has 0 aromatic rings. The van der Waals surface area contributed by atoms with E-state index in [1.165, 1.54) is 26.0 Å². The van der Waals surface area contributed by atoms with Crippen molar-refractivity contribution in [3.8, 4) is 0 Å². The minimum Gasteiger partial charge on any atom is -0.467 e. The lowest BCUT2D eigenvalue weighted by Crippen LogP contribution is -2.52. The van der Waals surface area contributed by atoms with Crippen molar-refractivity contribution in [2.75, 3.05) is 14.2 Å². The van der Waals surface area contributed by atoms with Gasteiger partial charge in [0.1, 0.15) is 12.1 Å². The lowest BCUT2D eigenvalue weighted by molar-refractivity contribution is -0.146. The summed E-state index contributed by atoms with van der Waals surface area (Å²) < 4.78 is 4.48. The van der Waals surface area contributed by atoms with Gasteiger partial charge in [0, 0.05) is 7.05 Å². The second-order valence-corrected chi connectivity index (χ2v) is 4.17. The summed E-state index contributed by atoms with van der Waals surface area (Å²) in [6, 6.07) is -2.15. The van der Waals surface area contributed by atoms with Crippen LogP contribution in [0.15, 0.2) is 0 Å². The Labute approximate surface area is 107 Å². The lowest BCUT2D eigenvalue weighted by Gasteiger charge is -2.26. The number of esters is 1. The van der Waals surface area contributed by atoms with Crippen molar-refractivity contribution in [3.05, 3.63) is 0 Å². The largest absolute Gasteiger partial charge is 0.467 e. The molecule has 0 saturated heterocycles. The summed E-state index contributed by atoms with van der Waals surface area (Å²) in [5.41, 5.74) is 5.45. The van der Waals surface area contributed by atoms with Gasteiger partial charge >= 0.3 is 5.97 Å². The molecular formula is C11H21N3O4. The minimum absolute atomic E-state index is 0.344. The normalized spacial score (nSPS) is 15.2. The molecule has 0 aromatic heterocycles. The number of hydrogen-bond acceptors (Lipinski definition) is 5. The predicted octanol–water partition coefficient (Wildman–Crippen LogP) is -1.14. The highest BCUT2D eigenvalue weighted by Gasteiger charge is 2.26. The van der Waals surface area contributed by atoms with E-state index >= 15 is 0 Å². The van der Waals surface area contributed by atoms with Crippen LogP contribution < -0.4 is 11.1 Å². The Morgan fingerprint density at radius 3 is 2.11 bits per heavy atom. The van der Waals surface area contributed by atoms with Crippen molar-refractivity contribution in [2.45, 2.75) is 38.9 Å². The molecule has 0 spiro atoms.